The zero-order valence-corrected chi connectivity index (χ0v) is 21.3. The highest BCUT2D eigenvalue weighted by Crippen LogP contribution is 2.24. The van der Waals surface area contributed by atoms with Crippen LogP contribution in [0.5, 0.6) is 0 Å². The summed E-state index contributed by atoms with van der Waals surface area (Å²) in [4.78, 5) is 29.5. The third-order valence-electron chi connectivity index (χ3n) is 6.24. The first kappa shape index (κ1) is 25.6. The predicted molar refractivity (Wildman–Crippen MR) is 138 cm³/mol. The van der Waals surface area contributed by atoms with Crippen molar-refractivity contribution in [3.8, 4) is 0 Å². The van der Waals surface area contributed by atoms with E-state index in [1.807, 2.05) is 31.2 Å². The topological polar surface area (TPSA) is 49.4 Å². The van der Waals surface area contributed by atoms with Crippen molar-refractivity contribution >= 4 is 35.2 Å². The van der Waals surface area contributed by atoms with Crippen LogP contribution in [0.15, 0.2) is 53.4 Å². The standard InChI is InChI=1S/C27H35ClN2O2S/c1-3-25(27(32)29-22-10-5-4-6-11-22)30(19-21-9-7-8-12-24(21)28)26(31)17-18-33-23-15-13-20(2)14-16-23/h7-9,12-16,22,25H,3-6,10-11,17-19H2,1-2H3,(H,29,32). The first-order valence-corrected chi connectivity index (χ1v) is 13.4. The lowest BCUT2D eigenvalue weighted by atomic mass is 9.95. The van der Waals surface area contributed by atoms with Crippen molar-refractivity contribution in [3.63, 3.8) is 0 Å². The Kier molecular flexibility index (Phi) is 10.1. The molecule has 0 aliphatic heterocycles. The van der Waals surface area contributed by atoms with E-state index in [-0.39, 0.29) is 17.9 Å². The summed E-state index contributed by atoms with van der Waals surface area (Å²) in [6.07, 6.45) is 6.53. The molecule has 1 fully saturated rings. The van der Waals surface area contributed by atoms with Crippen molar-refractivity contribution in [2.45, 2.75) is 82.3 Å². The molecule has 33 heavy (non-hydrogen) atoms. The first-order chi connectivity index (χ1) is 16.0. The molecule has 0 radical (unpaired) electrons. The lowest BCUT2D eigenvalue weighted by Crippen LogP contribution is -2.51. The fourth-order valence-electron chi connectivity index (χ4n) is 4.31. The highest BCUT2D eigenvalue weighted by atomic mass is 35.5. The molecule has 1 N–H and O–H groups in total. The number of carbonyl (C=O) groups excluding carboxylic acids is 2. The van der Waals surface area contributed by atoms with Crippen molar-refractivity contribution in [3.05, 3.63) is 64.7 Å². The molecule has 1 aliphatic carbocycles. The Hall–Kier alpha value is -1.98. The van der Waals surface area contributed by atoms with Gasteiger partial charge in [-0.05, 0) is 49.9 Å². The fraction of sp³-hybridized carbons (Fsp3) is 0.481. The third kappa shape index (κ3) is 7.79. The second-order valence-electron chi connectivity index (χ2n) is 8.79. The van der Waals surface area contributed by atoms with Crippen LogP contribution in [-0.4, -0.2) is 34.6 Å². The minimum Gasteiger partial charge on any atom is -0.352 e. The number of nitrogens with zero attached hydrogens (tertiary/aromatic N) is 1. The van der Waals surface area contributed by atoms with Crippen LogP contribution in [0.25, 0.3) is 0 Å². The molecule has 2 aromatic rings. The summed E-state index contributed by atoms with van der Waals surface area (Å²) < 4.78 is 0. The molecule has 1 unspecified atom stereocenters. The summed E-state index contributed by atoms with van der Waals surface area (Å²) in [5.74, 6) is 0.609. The molecule has 4 nitrogen and oxygen atoms in total. The Morgan fingerprint density at radius 2 is 1.79 bits per heavy atom. The summed E-state index contributed by atoms with van der Waals surface area (Å²) in [5, 5.41) is 3.84. The molecule has 178 valence electrons. The van der Waals surface area contributed by atoms with Gasteiger partial charge in [0.25, 0.3) is 0 Å². The Morgan fingerprint density at radius 3 is 2.45 bits per heavy atom. The number of hydrogen-bond acceptors (Lipinski definition) is 3. The van der Waals surface area contributed by atoms with Crippen LogP contribution in [0.3, 0.4) is 0 Å². The number of benzene rings is 2. The maximum atomic E-state index is 13.4. The number of nitrogens with one attached hydrogen (secondary N) is 1. The Morgan fingerprint density at radius 1 is 1.09 bits per heavy atom. The van der Waals surface area contributed by atoms with Gasteiger partial charge in [0.1, 0.15) is 6.04 Å². The number of aryl methyl sites for hydroxylation is 1. The molecule has 2 amide bonds. The highest BCUT2D eigenvalue weighted by molar-refractivity contribution is 7.99. The summed E-state index contributed by atoms with van der Waals surface area (Å²) in [5.41, 5.74) is 2.08. The Bertz CT molecular complexity index is 913. The van der Waals surface area contributed by atoms with E-state index in [0.29, 0.717) is 30.2 Å². The smallest absolute Gasteiger partial charge is 0.243 e. The van der Waals surface area contributed by atoms with E-state index in [0.717, 1.165) is 36.1 Å². The van der Waals surface area contributed by atoms with E-state index < -0.39 is 6.04 Å². The molecule has 1 atom stereocenters. The number of rotatable bonds is 10. The van der Waals surface area contributed by atoms with Crippen LogP contribution < -0.4 is 5.32 Å². The average molecular weight is 487 g/mol. The maximum absolute atomic E-state index is 13.4. The average Bonchev–Trinajstić information content (AvgIpc) is 2.82. The summed E-state index contributed by atoms with van der Waals surface area (Å²) >= 11 is 8.08. The van der Waals surface area contributed by atoms with Crippen LogP contribution in [0.4, 0.5) is 0 Å². The molecule has 6 heteroatoms. The van der Waals surface area contributed by atoms with Gasteiger partial charge in [0.05, 0.1) is 0 Å². The Balaban J connectivity index is 1.70. The van der Waals surface area contributed by atoms with Crippen LogP contribution in [-0.2, 0) is 16.1 Å². The number of carbonyl (C=O) groups is 2. The normalized spacial score (nSPS) is 15.1. The third-order valence-corrected chi connectivity index (χ3v) is 7.62. The van der Waals surface area contributed by atoms with E-state index in [2.05, 4.69) is 36.5 Å². The summed E-state index contributed by atoms with van der Waals surface area (Å²) in [7, 11) is 0. The van der Waals surface area contributed by atoms with Crippen molar-refractivity contribution < 1.29 is 9.59 Å². The molecular weight excluding hydrogens is 452 g/mol. The van der Waals surface area contributed by atoms with Crippen molar-refractivity contribution in [2.24, 2.45) is 0 Å². The molecule has 0 spiro atoms. The quantitative estimate of drug-likeness (QED) is 0.396. The van der Waals surface area contributed by atoms with Gasteiger partial charge in [0, 0.05) is 34.7 Å². The van der Waals surface area contributed by atoms with E-state index in [1.54, 1.807) is 16.7 Å². The van der Waals surface area contributed by atoms with E-state index in [1.165, 1.54) is 12.0 Å². The highest BCUT2D eigenvalue weighted by Gasteiger charge is 2.30. The molecule has 0 heterocycles. The van der Waals surface area contributed by atoms with Gasteiger partial charge in [0.15, 0.2) is 0 Å². The molecule has 0 bridgehead atoms. The van der Waals surface area contributed by atoms with Crippen molar-refractivity contribution in [2.75, 3.05) is 5.75 Å². The second kappa shape index (κ2) is 13.0. The van der Waals surface area contributed by atoms with Crippen LogP contribution >= 0.6 is 23.4 Å². The van der Waals surface area contributed by atoms with Crippen LogP contribution in [0, 0.1) is 6.92 Å². The molecule has 1 aliphatic rings. The molecule has 2 aromatic carbocycles. The molecule has 0 saturated heterocycles. The Labute approximate surface area is 207 Å². The van der Waals surface area contributed by atoms with Gasteiger partial charge >= 0.3 is 0 Å². The van der Waals surface area contributed by atoms with Crippen molar-refractivity contribution in [1.82, 2.24) is 10.2 Å². The zero-order chi connectivity index (χ0) is 23.6. The largest absolute Gasteiger partial charge is 0.352 e. The van der Waals surface area contributed by atoms with E-state index in [9.17, 15) is 9.59 Å². The fourth-order valence-corrected chi connectivity index (χ4v) is 5.34. The molecule has 3 rings (SSSR count). The van der Waals surface area contributed by atoms with Gasteiger partial charge in [-0.3, -0.25) is 9.59 Å². The summed E-state index contributed by atoms with van der Waals surface area (Å²) in [6.45, 7) is 4.37. The molecular formula is C27H35ClN2O2S. The minimum atomic E-state index is -0.500. The number of halogens is 1. The van der Waals surface area contributed by atoms with E-state index in [4.69, 9.17) is 11.6 Å². The SMILES string of the molecule is CCC(C(=O)NC1CCCCC1)N(Cc1ccccc1Cl)C(=O)CCSc1ccc(C)cc1. The van der Waals surface area contributed by atoms with Crippen LogP contribution in [0.2, 0.25) is 5.02 Å². The monoisotopic (exact) mass is 486 g/mol. The summed E-state index contributed by atoms with van der Waals surface area (Å²) in [6, 6.07) is 15.6. The minimum absolute atomic E-state index is 0.0137. The number of amides is 2. The van der Waals surface area contributed by atoms with Crippen LogP contribution in [0.1, 0.15) is 63.0 Å². The predicted octanol–water partition coefficient (Wildman–Crippen LogP) is 6.39. The van der Waals surface area contributed by atoms with Gasteiger partial charge < -0.3 is 10.2 Å². The van der Waals surface area contributed by atoms with Gasteiger partial charge in [-0.15, -0.1) is 11.8 Å². The first-order valence-electron chi connectivity index (χ1n) is 12.0. The zero-order valence-electron chi connectivity index (χ0n) is 19.7. The lowest BCUT2D eigenvalue weighted by Gasteiger charge is -2.33. The number of hydrogen-bond donors (Lipinski definition) is 1. The maximum Gasteiger partial charge on any atom is 0.243 e. The molecule has 1 saturated carbocycles. The van der Waals surface area contributed by atoms with Crippen molar-refractivity contribution in [1.29, 1.82) is 0 Å². The van der Waals surface area contributed by atoms with Gasteiger partial charge in [0.2, 0.25) is 11.8 Å². The van der Waals surface area contributed by atoms with Gasteiger partial charge in [-0.1, -0.05) is 73.7 Å². The van der Waals surface area contributed by atoms with E-state index >= 15 is 0 Å². The van der Waals surface area contributed by atoms with Gasteiger partial charge in [-0.2, -0.15) is 0 Å². The molecule has 0 aromatic heterocycles. The lowest BCUT2D eigenvalue weighted by molar-refractivity contribution is -0.141. The second-order valence-corrected chi connectivity index (χ2v) is 10.4. The van der Waals surface area contributed by atoms with Gasteiger partial charge in [-0.25, -0.2) is 0 Å². The number of thioether (sulfide) groups is 1.